The molecule has 18 heavy (non-hydrogen) atoms. The second-order valence-corrected chi connectivity index (χ2v) is 6.32. The topological polar surface area (TPSA) is 29.5 Å². The van der Waals surface area contributed by atoms with Gasteiger partial charge in [0, 0.05) is 18.4 Å². The molecule has 2 heteroatoms. The van der Waals surface area contributed by atoms with Crippen LogP contribution in [0.1, 0.15) is 77.6 Å². The number of aliphatic hydroxyl groups is 1. The molecular formula is C16H30O2. The fraction of sp³-hybridized carbons (Fsp3) is 1.00. The smallest absolute Gasteiger partial charge is 0.0680 e. The highest BCUT2D eigenvalue weighted by molar-refractivity contribution is 5.05. The zero-order valence-corrected chi connectivity index (χ0v) is 12.0. The summed E-state index contributed by atoms with van der Waals surface area (Å²) >= 11 is 0. The Bertz CT molecular complexity index is 233. The first kappa shape index (κ1) is 14.3. The first-order chi connectivity index (χ1) is 8.79. The summed E-state index contributed by atoms with van der Waals surface area (Å²) in [6.45, 7) is 3.15. The van der Waals surface area contributed by atoms with Gasteiger partial charge in [0.2, 0.25) is 0 Å². The van der Waals surface area contributed by atoms with Gasteiger partial charge in [0.05, 0.1) is 12.2 Å². The van der Waals surface area contributed by atoms with E-state index in [1.165, 1.54) is 64.2 Å². The van der Waals surface area contributed by atoms with Gasteiger partial charge in [-0.3, -0.25) is 0 Å². The number of aliphatic hydroxyl groups excluding tert-OH is 1. The lowest BCUT2D eigenvalue weighted by Crippen LogP contribution is -2.59. The molecule has 0 aliphatic heterocycles. The zero-order valence-electron chi connectivity index (χ0n) is 12.0. The van der Waals surface area contributed by atoms with Crippen molar-refractivity contribution in [1.29, 1.82) is 0 Å². The highest BCUT2D eigenvalue weighted by Crippen LogP contribution is 2.53. The van der Waals surface area contributed by atoms with Crippen LogP contribution in [0.25, 0.3) is 0 Å². The average Bonchev–Trinajstić information content (AvgIpc) is 2.42. The third kappa shape index (κ3) is 3.08. The van der Waals surface area contributed by atoms with Crippen molar-refractivity contribution in [3.05, 3.63) is 0 Å². The summed E-state index contributed by atoms with van der Waals surface area (Å²) in [6, 6.07) is 0. The van der Waals surface area contributed by atoms with Gasteiger partial charge in [-0.05, 0) is 19.3 Å². The quantitative estimate of drug-likeness (QED) is 0.694. The Labute approximate surface area is 112 Å². The van der Waals surface area contributed by atoms with Crippen LogP contribution in [-0.4, -0.2) is 23.9 Å². The molecule has 0 aromatic rings. The second-order valence-electron chi connectivity index (χ2n) is 6.32. The average molecular weight is 254 g/mol. The van der Waals surface area contributed by atoms with E-state index in [0.29, 0.717) is 6.10 Å². The molecule has 2 aliphatic carbocycles. The first-order valence-corrected chi connectivity index (χ1v) is 8.09. The molecule has 2 aliphatic rings. The summed E-state index contributed by atoms with van der Waals surface area (Å²) in [5, 5.41) is 10.1. The van der Waals surface area contributed by atoms with Gasteiger partial charge in [-0.2, -0.15) is 0 Å². The summed E-state index contributed by atoms with van der Waals surface area (Å²) < 4.78 is 6.06. The van der Waals surface area contributed by atoms with Crippen molar-refractivity contribution in [2.24, 2.45) is 5.41 Å². The van der Waals surface area contributed by atoms with E-state index < -0.39 is 0 Å². The molecular weight excluding hydrogens is 224 g/mol. The van der Waals surface area contributed by atoms with Gasteiger partial charge in [-0.25, -0.2) is 0 Å². The predicted molar refractivity (Wildman–Crippen MR) is 74.6 cm³/mol. The number of unbranched alkanes of at least 4 members (excludes halogenated alkanes) is 4. The van der Waals surface area contributed by atoms with E-state index in [2.05, 4.69) is 6.92 Å². The molecule has 1 spiro atoms. The molecule has 0 heterocycles. The van der Waals surface area contributed by atoms with Crippen molar-refractivity contribution in [1.82, 2.24) is 0 Å². The maximum Gasteiger partial charge on any atom is 0.0680 e. The van der Waals surface area contributed by atoms with Crippen LogP contribution in [-0.2, 0) is 4.74 Å². The Morgan fingerprint density at radius 1 is 1.06 bits per heavy atom. The van der Waals surface area contributed by atoms with Crippen molar-refractivity contribution < 1.29 is 9.84 Å². The van der Waals surface area contributed by atoms with Gasteiger partial charge in [-0.1, -0.05) is 51.9 Å². The second kappa shape index (κ2) is 6.91. The van der Waals surface area contributed by atoms with Crippen LogP contribution >= 0.6 is 0 Å². The maximum absolute atomic E-state index is 10.1. The van der Waals surface area contributed by atoms with Crippen LogP contribution in [0.3, 0.4) is 0 Å². The fourth-order valence-corrected chi connectivity index (χ4v) is 3.76. The Kier molecular flexibility index (Phi) is 5.50. The summed E-state index contributed by atoms with van der Waals surface area (Å²) in [5.74, 6) is 0. The maximum atomic E-state index is 10.1. The van der Waals surface area contributed by atoms with E-state index in [1.54, 1.807) is 0 Å². The van der Waals surface area contributed by atoms with E-state index in [9.17, 15) is 5.11 Å². The standard InChI is InChI=1S/C16H30O2/c1-2-3-4-5-9-12-18-15-13-14(17)16(15)10-7-6-8-11-16/h14-15,17H,2-13H2,1H3. The Morgan fingerprint density at radius 3 is 2.44 bits per heavy atom. The van der Waals surface area contributed by atoms with Crippen molar-refractivity contribution in [2.75, 3.05) is 6.61 Å². The van der Waals surface area contributed by atoms with Gasteiger partial charge in [0.15, 0.2) is 0 Å². The van der Waals surface area contributed by atoms with E-state index in [1.807, 2.05) is 0 Å². The minimum absolute atomic E-state index is 0.0807. The summed E-state index contributed by atoms with van der Waals surface area (Å²) in [4.78, 5) is 0. The van der Waals surface area contributed by atoms with Gasteiger partial charge in [0.25, 0.3) is 0 Å². The highest BCUT2D eigenvalue weighted by atomic mass is 16.5. The third-order valence-electron chi connectivity index (χ3n) is 5.09. The lowest BCUT2D eigenvalue weighted by atomic mass is 9.56. The Morgan fingerprint density at radius 2 is 1.78 bits per heavy atom. The van der Waals surface area contributed by atoms with Gasteiger partial charge in [-0.15, -0.1) is 0 Å². The molecule has 2 nitrogen and oxygen atoms in total. The highest BCUT2D eigenvalue weighted by Gasteiger charge is 2.54. The van der Waals surface area contributed by atoms with Gasteiger partial charge >= 0.3 is 0 Å². The molecule has 2 unspecified atom stereocenters. The summed E-state index contributed by atoms with van der Waals surface area (Å²) in [5.41, 5.74) is 0.154. The van der Waals surface area contributed by atoms with Crippen LogP contribution in [0.5, 0.6) is 0 Å². The minimum atomic E-state index is -0.0807. The van der Waals surface area contributed by atoms with Crippen molar-refractivity contribution in [3.8, 4) is 0 Å². The van der Waals surface area contributed by atoms with E-state index >= 15 is 0 Å². The van der Waals surface area contributed by atoms with Crippen LogP contribution in [0.4, 0.5) is 0 Å². The van der Waals surface area contributed by atoms with Crippen molar-refractivity contribution >= 4 is 0 Å². The molecule has 0 radical (unpaired) electrons. The van der Waals surface area contributed by atoms with Crippen LogP contribution < -0.4 is 0 Å². The summed E-state index contributed by atoms with van der Waals surface area (Å²) in [6.07, 6.45) is 14.0. The lowest BCUT2D eigenvalue weighted by molar-refractivity contribution is -0.206. The van der Waals surface area contributed by atoms with Gasteiger partial charge in [0.1, 0.15) is 0 Å². The number of hydrogen-bond acceptors (Lipinski definition) is 2. The van der Waals surface area contributed by atoms with Crippen LogP contribution in [0, 0.1) is 5.41 Å². The molecule has 2 fully saturated rings. The predicted octanol–water partition coefficient (Wildman–Crippen LogP) is 4.06. The molecule has 2 atom stereocenters. The molecule has 0 aromatic carbocycles. The molecule has 2 saturated carbocycles. The van der Waals surface area contributed by atoms with Crippen LogP contribution in [0.2, 0.25) is 0 Å². The van der Waals surface area contributed by atoms with Crippen molar-refractivity contribution in [2.45, 2.75) is 89.8 Å². The molecule has 0 bridgehead atoms. The Balaban J connectivity index is 1.64. The minimum Gasteiger partial charge on any atom is -0.392 e. The first-order valence-electron chi connectivity index (χ1n) is 8.09. The largest absolute Gasteiger partial charge is 0.392 e. The SMILES string of the molecule is CCCCCCCOC1CC(O)C12CCCCC2. The molecule has 1 N–H and O–H groups in total. The normalized spacial score (nSPS) is 30.3. The monoisotopic (exact) mass is 254 g/mol. The van der Waals surface area contributed by atoms with E-state index in [4.69, 9.17) is 4.74 Å². The third-order valence-corrected chi connectivity index (χ3v) is 5.09. The van der Waals surface area contributed by atoms with Crippen LogP contribution in [0.15, 0.2) is 0 Å². The Hall–Kier alpha value is -0.0800. The van der Waals surface area contributed by atoms with Crippen molar-refractivity contribution in [3.63, 3.8) is 0 Å². The molecule has 2 rings (SSSR count). The van der Waals surface area contributed by atoms with E-state index in [-0.39, 0.29) is 11.5 Å². The molecule has 0 saturated heterocycles. The molecule has 0 aromatic heterocycles. The summed E-state index contributed by atoms with van der Waals surface area (Å²) in [7, 11) is 0. The number of rotatable bonds is 7. The van der Waals surface area contributed by atoms with E-state index in [0.717, 1.165) is 13.0 Å². The lowest BCUT2D eigenvalue weighted by Gasteiger charge is -2.55. The number of ether oxygens (including phenoxy) is 1. The molecule has 106 valence electrons. The van der Waals surface area contributed by atoms with Gasteiger partial charge < -0.3 is 9.84 Å². The number of hydrogen-bond donors (Lipinski definition) is 1. The molecule has 0 amide bonds. The zero-order chi connectivity index (χ0) is 12.8. The fourth-order valence-electron chi connectivity index (χ4n) is 3.76.